The van der Waals surface area contributed by atoms with Crippen molar-refractivity contribution in [2.45, 2.75) is 44.1 Å². The molecule has 0 spiro atoms. The van der Waals surface area contributed by atoms with E-state index in [2.05, 4.69) is 4.74 Å². The maximum absolute atomic E-state index is 13.6. The van der Waals surface area contributed by atoms with Gasteiger partial charge in [-0.1, -0.05) is 30.3 Å². The Hall–Kier alpha value is -1.08. The van der Waals surface area contributed by atoms with Gasteiger partial charge in [-0.05, 0) is 18.9 Å². The highest BCUT2D eigenvalue weighted by Crippen LogP contribution is 2.22. The van der Waals surface area contributed by atoms with E-state index >= 15 is 0 Å². The van der Waals surface area contributed by atoms with Crippen LogP contribution in [0.5, 0.6) is 0 Å². The van der Waals surface area contributed by atoms with Crippen molar-refractivity contribution in [3.05, 3.63) is 35.9 Å². The zero-order chi connectivity index (χ0) is 15.2. The molecule has 0 amide bonds. The molecule has 0 aromatic heterocycles. The van der Waals surface area contributed by atoms with Crippen molar-refractivity contribution in [1.29, 1.82) is 0 Å². The molecule has 0 bridgehead atoms. The van der Waals surface area contributed by atoms with E-state index in [1.807, 2.05) is 30.3 Å². The highest BCUT2D eigenvalue weighted by atomic mass is 19.1. The van der Waals surface area contributed by atoms with E-state index < -0.39 is 31.0 Å². The second-order valence-corrected chi connectivity index (χ2v) is 4.83. The molecule has 0 aliphatic rings. The lowest BCUT2D eigenvalue weighted by Crippen LogP contribution is -2.50. The molecule has 0 fully saturated rings. The van der Waals surface area contributed by atoms with Crippen molar-refractivity contribution in [2.24, 2.45) is 0 Å². The van der Waals surface area contributed by atoms with Crippen molar-refractivity contribution in [3.8, 4) is 0 Å². The number of halogens is 2. The van der Waals surface area contributed by atoms with Crippen molar-refractivity contribution >= 4 is 0 Å². The van der Waals surface area contributed by atoms with E-state index in [0.29, 0.717) is 6.42 Å². The van der Waals surface area contributed by atoms with E-state index in [1.165, 1.54) is 0 Å². The molecule has 4 unspecified atom stereocenters. The van der Waals surface area contributed by atoms with Crippen LogP contribution in [0.25, 0.3) is 0 Å². The summed E-state index contributed by atoms with van der Waals surface area (Å²) in [5.41, 5.74) is -1.47. The molecule has 0 aliphatic carbocycles. The van der Waals surface area contributed by atoms with E-state index in [-0.39, 0.29) is 6.42 Å². The summed E-state index contributed by atoms with van der Waals surface area (Å²) in [5.74, 6) is 0. The lowest BCUT2D eigenvalue weighted by atomic mass is 10.0. The predicted molar refractivity (Wildman–Crippen MR) is 69.4 cm³/mol. The monoisotopic (exact) mass is 290 g/mol. The van der Waals surface area contributed by atoms with Crippen molar-refractivity contribution in [1.82, 2.24) is 0 Å². The fraction of sp³-hybridized carbons (Fsp3) is 0.571. The van der Waals surface area contributed by atoms with Crippen molar-refractivity contribution in [2.75, 3.05) is 6.67 Å². The quantitative estimate of drug-likeness (QED) is 0.632. The van der Waals surface area contributed by atoms with Gasteiger partial charge in [0.25, 0.3) is 0 Å². The van der Waals surface area contributed by atoms with Crippen LogP contribution < -0.4 is 0 Å². The van der Waals surface area contributed by atoms with Gasteiger partial charge >= 0.3 is 0 Å². The topological polar surface area (TPSA) is 69.9 Å². The number of alkyl halides is 2. The van der Waals surface area contributed by atoms with Gasteiger partial charge < -0.3 is 20.1 Å². The summed E-state index contributed by atoms with van der Waals surface area (Å²) in [6.45, 7) is -0.400. The minimum absolute atomic E-state index is 0.117. The SMILES string of the molecule is CC(O)(C(O)CF)C(F)OC(O)CCc1ccccc1. The Morgan fingerprint density at radius 2 is 1.85 bits per heavy atom. The second kappa shape index (κ2) is 7.64. The molecule has 20 heavy (non-hydrogen) atoms. The van der Waals surface area contributed by atoms with Gasteiger partial charge in [0.2, 0.25) is 6.36 Å². The largest absolute Gasteiger partial charge is 0.387 e. The van der Waals surface area contributed by atoms with Crippen LogP contribution in [0.4, 0.5) is 8.78 Å². The molecule has 0 saturated carbocycles. The summed E-state index contributed by atoms with van der Waals surface area (Å²) in [6, 6.07) is 9.22. The third-order valence-corrected chi connectivity index (χ3v) is 3.08. The number of aryl methyl sites for hydroxylation is 1. The molecule has 0 aliphatic heterocycles. The van der Waals surface area contributed by atoms with Crippen LogP contribution in [-0.2, 0) is 11.2 Å². The normalized spacial score (nSPS) is 19.1. The molecule has 1 rings (SSSR count). The van der Waals surface area contributed by atoms with Crippen molar-refractivity contribution in [3.63, 3.8) is 0 Å². The summed E-state index contributed by atoms with van der Waals surface area (Å²) in [5, 5.41) is 28.3. The minimum atomic E-state index is -2.41. The number of hydrogen-bond donors (Lipinski definition) is 3. The van der Waals surface area contributed by atoms with Crippen LogP contribution in [0, 0.1) is 0 Å². The lowest BCUT2D eigenvalue weighted by molar-refractivity contribution is -0.261. The highest BCUT2D eigenvalue weighted by molar-refractivity contribution is 5.14. The predicted octanol–water partition coefficient (Wildman–Crippen LogP) is 1.33. The van der Waals surface area contributed by atoms with Gasteiger partial charge in [-0.3, -0.25) is 0 Å². The Kier molecular flexibility index (Phi) is 6.48. The molecule has 0 heterocycles. The van der Waals surface area contributed by atoms with Crippen LogP contribution in [0.3, 0.4) is 0 Å². The van der Waals surface area contributed by atoms with E-state index in [0.717, 1.165) is 12.5 Å². The third-order valence-electron chi connectivity index (χ3n) is 3.08. The molecule has 6 heteroatoms. The summed E-state index contributed by atoms with van der Waals surface area (Å²) < 4.78 is 30.5. The second-order valence-electron chi connectivity index (χ2n) is 4.83. The lowest BCUT2D eigenvalue weighted by Gasteiger charge is -2.31. The van der Waals surface area contributed by atoms with Gasteiger partial charge in [-0.15, -0.1) is 0 Å². The molecule has 1 aromatic rings. The Morgan fingerprint density at radius 1 is 1.25 bits per heavy atom. The fourth-order valence-electron chi connectivity index (χ4n) is 1.59. The van der Waals surface area contributed by atoms with Crippen molar-refractivity contribution < 1.29 is 28.8 Å². The van der Waals surface area contributed by atoms with E-state index in [1.54, 1.807) is 0 Å². The van der Waals surface area contributed by atoms with Crippen LogP contribution in [0.1, 0.15) is 18.9 Å². The maximum atomic E-state index is 13.6. The Bertz CT molecular complexity index is 386. The molecular weight excluding hydrogens is 270 g/mol. The Labute approximate surface area is 116 Å². The van der Waals surface area contributed by atoms with Gasteiger partial charge in [0.05, 0.1) is 0 Å². The molecule has 3 N–H and O–H groups in total. The number of hydrogen-bond acceptors (Lipinski definition) is 4. The number of aliphatic hydroxyl groups excluding tert-OH is 2. The first-order valence-corrected chi connectivity index (χ1v) is 6.35. The maximum Gasteiger partial charge on any atom is 0.232 e. The Morgan fingerprint density at radius 3 is 2.40 bits per heavy atom. The number of aliphatic hydroxyl groups is 3. The smallest absolute Gasteiger partial charge is 0.232 e. The number of benzene rings is 1. The first-order valence-electron chi connectivity index (χ1n) is 6.35. The third kappa shape index (κ3) is 4.79. The van der Waals surface area contributed by atoms with Crippen LogP contribution >= 0.6 is 0 Å². The fourth-order valence-corrected chi connectivity index (χ4v) is 1.59. The molecule has 4 nitrogen and oxygen atoms in total. The van der Waals surface area contributed by atoms with Gasteiger partial charge in [-0.25, -0.2) is 8.78 Å². The van der Waals surface area contributed by atoms with Gasteiger partial charge in [0.15, 0.2) is 6.29 Å². The van der Waals surface area contributed by atoms with Crippen LogP contribution in [0.2, 0.25) is 0 Å². The molecule has 0 radical (unpaired) electrons. The van der Waals surface area contributed by atoms with Gasteiger partial charge in [0, 0.05) is 6.42 Å². The highest BCUT2D eigenvalue weighted by Gasteiger charge is 2.41. The molecule has 0 saturated heterocycles. The van der Waals surface area contributed by atoms with E-state index in [9.17, 15) is 19.0 Å². The van der Waals surface area contributed by atoms with E-state index in [4.69, 9.17) is 5.11 Å². The average molecular weight is 290 g/mol. The van der Waals surface area contributed by atoms with Gasteiger partial charge in [0.1, 0.15) is 18.4 Å². The number of rotatable bonds is 8. The molecular formula is C14H20F2O4. The first-order chi connectivity index (χ1) is 9.37. The Balaban J connectivity index is 2.43. The summed E-state index contributed by atoms with van der Waals surface area (Å²) in [4.78, 5) is 0. The molecule has 4 atom stereocenters. The summed E-state index contributed by atoms with van der Waals surface area (Å²) in [7, 11) is 0. The minimum Gasteiger partial charge on any atom is -0.387 e. The summed E-state index contributed by atoms with van der Waals surface area (Å²) in [6.07, 6.45) is -5.18. The zero-order valence-corrected chi connectivity index (χ0v) is 11.2. The molecule has 114 valence electrons. The van der Waals surface area contributed by atoms with Crippen LogP contribution in [-0.4, -0.2) is 46.3 Å². The standard InChI is InChI=1S/C14H20F2O4/c1-14(19,11(17)9-15)13(16)20-12(18)8-7-10-5-3-2-4-6-10/h2-6,11-13,17-19H,7-9H2,1H3. The first kappa shape index (κ1) is 17.0. The van der Waals surface area contributed by atoms with Crippen LogP contribution in [0.15, 0.2) is 30.3 Å². The molecule has 1 aromatic carbocycles. The number of ether oxygens (including phenoxy) is 1. The van der Waals surface area contributed by atoms with Gasteiger partial charge in [-0.2, -0.15) is 0 Å². The zero-order valence-electron chi connectivity index (χ0n) is 11.2. The summed E-state index contributed by atoms with van der Waals surface area (Å²) >= 11 is 0. The average Bonchev–Trinajstić information content (AvgIpc) is 2.45.